The van der Waals surface area contributed by atoms with Gasteiger partial charge < -0.3 is 62.3 Å². The Morgan fingerprint density at radius 1 is 0.725 bits per heavy atom. The number of aromatic carboxylic acids is 2. The van der Waals surface area contributed by atoms with Crippen molar-refractivity contribution in [3.05, 3.63) is 21.8 Å². The summed E-state index contributed by atoms with van der Waals surface area (Å²) in [6.07, 6.45) is -6.28. The maximum atomic E-state index is 11.8. The third-order valence-corrected chi connectivity index (χ3v) is 7.56. The number of carbonyl (C=O) groups excluding carboxylic acids is 3. The third kappa shape index (κ3) is 12.1. The van der Waals surface area contributed by atoms with Crippen LogP contribution in [-0.2, 0) is 14.4 Å². The average molecular weight is 915 g/mol. The summed E-state index contributed by atoms with van der Waals surface area (Å²) in [6.45, 7) is -0.475. The molecular weight excluding hydrogens is 887 g/mol. The van der Waals surface area contributed by atoms with Gasteiger partial charge in [0.15, 0.2) is 12.2 Å². The number of hydrogen-bond donors (Lipinski definition) is 11. The van der Waals surface area contributed by atoms with Gasteiger partial charge in [0.25, 0.3) is 0 Å². The molecule has 0 aromatic heterocycles. The minimum absolute atomic E-state index is 0.0555. The van der Waals surface area contributed by atoms with Crippen LogP contribution in [0.1, 0.15) is 27.6 Å². The molecule has 0 aliphatic carbocycles. The predicted molar refractivity (Wildman–Crippen MR) is 160 cm³/mol. The number of nitrogens with two attached hydrogens (primary N) is 2. The molecule has 228 valence electrons. The molecule has 0 saturated carbocycles. The highest BCUT2D eigenvalue weighted by Gasteiger charge is 2.30. The first-order valence-corrected chi connectivity index (χ1v) is 13.7. The van der Waals surface area contributed by atoms with Crippen LogP contribution in [0.25, 0.3) is 0 Å². The molecule has 0 radical (unpaired) electrons. The lowest BCUT2D eigenvalue weighted by Crippen LogP contribution is -2.40. The molecule has 0 bridgehead atoms. The van der Waals surface area contributed by atoms with Crippen LogP contribution in [0.2, 0.25) is 0 Å². The smallest absolute Gasteiger partial charge is 0.337 e. The van der Waals surface area contributed by atoms with E-state index in [0.717, 1.165) is 0 Å². The van der Waals surface area contributed by atoms with E-state index >= 15 is 0 Å². The summed E-state index contributed by atoms with van der Waals surface area (Å²) in [5.74, 6) is -5.06. The highest BCUT2D eigenvalue weighted by Crippen LogP contribution is 2.38. The number of aliphatic hydroxyl groups excluding tert-OH is 7. The molecule has 0 spiro atoms. The maximum Gasteiger partial charge on any atom is 0.337 e. The van der Waals surface area contributed by atoms with Gasteiger partial charge in [-0.1, -0.05) is 0 Å². The van der Waals surface area contributed by atoms with Crippen LogP contribution in [-0.4, -0.2) is 126 Å². The van der Waals surface area contributed by atoms with Gasteiger partial charge in [-0.2, -0.15) is 0 Å². The number of benzene rings is 1. The van der Waals surface area contributed by atoms with Gasteiger partial charge in [-0.25, -0.2) is 9.59 Å². The van der Waals surface area contributed by atoms with Gasteiger partial charge in [0.2, 0.25) is 17.7 Å². The third-order valence-electron chi connectivity index (χ3n) is 4.38. The van der Waals surface area contributed by atoms with Crippen LogP contribution in [0.5, 0.6) is 0 Å². The summed E-state index contributed by atoms with van der Waals surface area (Å²) in [4.78, 5) is 55.9. The minimum atomic E-state index is -1.67. The number of amides is 3. The number of carboxylic acid groups (broad SMARTS) is 2. The van der Waals surface area contributed by atoms with Crippen LogP contribution in [0.15, 0.2) is 0 Å². The Balaban J connectivity index is 0. The number of aliphatic hydroxyl groups is 7. The normalized spacial score (nSPS) is 13.3. The second-order valence-corrected chi connectivity index (χ2v) is 10.5. The molecule has 0 aliphatic rings. The van der Waals surface area contributed by atoms with E-state index in [4.69, 9.17) is 35.7 Å². The number of carbonyl (C=O) groups is 5. The largest absolute Gasteiger partial charge is 0.478 e. The Bertz CT molecular complexity index is 1010. The monoisotopic (exact) mass is 915 g/mol. The maximum absolute atomic E-state index is 11.8. The zero-order chi connectivity index (χ0) is 32.1. The SMILES string of the molecule is CC(=O)N(CCO)c1c(I)c(C(=O)O)c(I)c(C(=O)O)c1I.NC(=O)C(O)C(O)CO.NC(=O)C(O)C(O)CO. The van der Waals surface area contributed by atoms with Gasteiger partial charge in [0.05, 0.1) is 43.8 Å². The van der Waals surface area contributed by atoms with Gasteiger partial charge in [-0.05, 0) is 67.8 Å². The molecule has 17 nitrogen and oxygen atoms in total. The van der Waals surface area contributed by atoms with Gasteiger partial charge in [-0.15, -0.1) is 0 Å². The Hall–Kier alpha value is -1.52. The quantitative estimate of drug-likeness (QED) is 0.0966. The summed E-state index contributed by atoms with van der Waals surface area (Å²) < 4.78 is 0.614. The van der Waals surface area contributed by atoms with E-state index in [1.807, 2.05) is 0 Å². The van der Waals surface area contributed by atoms with Crippen molar-refractivity contribution >= 4 is 103 Å². The fourth-order valence-corrected chi connectivity index (χ4v) is 7.04. The second-order valence-electron chi connectivity index (χ2n) is 7.24. The lowest BCUT2D eigenvalue weighted by atomic mass is 10.1. The Labute approximate surface area is 267 Å². The van der Waals surface area contributed by atoms with E-state index in [9.17, 15) is 34.2 Å². The van der Waals surface area contributed by atoms with Crippen LogP contribution in [0.3, 0.4) is 0 Å². The summed E-state index contributed by atoms with van der Waals surface area (Å²) in [5.41, 5.74) is 8.96. The van der Waals surface area contributed by atoms with Gasteiger partial charge in [0, 0.05) is 17.0 Å². The fourth-order valence-electron chi connectivity index (χ4n) is 2.37. The summed E-state index contributed by atoms with van der Waals surface area (Å²) in [6, 6.07) is 0. The molecule has 0 aliphatic heterocycles. The lowest BCUT2D eigenvalue weighted by Gasteiger charge is -2.25. The molecule has 4 unspecified atom stereocenters. The molecule has 0 fully saturated rings. The zero-order valence-electron chi connectivity index (χ0n) is 20.4. The van der Waals surface area contributed by atoms with Crippen LogP contribution < -0.4 is 16.4 Å². The first-order chi connectivity index (χ1) is 18.3. The number of halogens is 3. The Morgan fingerprint density at radius 2 is 1.05 bits per heavy atom. The summed E-state index contributed by atoms with van der Waals surface area (Å²) >= 11 is 5.23. The molecule has 1 aromatic rings. The molecule has 0 heterocycles. The minimum Gasteiger partial charge on any atom is -0.478 e. The van der Waals surface area contributed by atoms with Gasteiger partial charge in [-0.3, -0.25) is 14.4 Å². The molecule has 1 aromatic carbocycles. The first kappa shape index (κ1) is 40.6. The van der Waals surface area contributed by atoms with Crippen LogP contribution in [0.4, 0.5) is 5.69 Å². The van der Waals surface area contributed by atoms with Crippen molar-refractivity contribution in [1.29, 1.82) is 0 Å². The molecule has 0 saturated heterocycles. The summed E-state index contributed by atoms with van der Waals surface area (Å²) in [5, 5.41) is 78.1. The van der Waals surface area contributed by atoms with E-state index in [2.05, 4.69) is 11.5 Å². The Kier molecular flexibility index (Phi) is 19.9. The van der Waals surface area contributed by atoms with E-state index in [-0.39, 0.29) is 40.7 Å². The van der Waals surface area contributed by atoms with Crippen molar-refractivity contribution in [3.8, 4) is 0 Å². The number of carboxylic acids is 2. The van der Waals surface area contributed by atoms with Crippen molar-refractivity contribution in [2.75, 3.05) is 31.3 Å². The highest BCUT2D eigenvalue weighted by atomic mass is 127. The standard InChI is InChI=1S/C12H10I3NO6.2C4H9NO4/c1-4(18)16(2-3-17)10-8(14)5(11(19)20)7(13)6(9(10)15)12(21)22;2*5-4(9)3(8)2(7)1-6/h17H,2-3H2,1H3,(H,19,20)(H,21,22);2*2-3,6-8H,1H2,(H2,5,9). The number of nitrogens with zero attached hydrogens (tertiary/aromatic N) is 1. The molecular formula is C20H28I3N3O14. The van der Waals surface area contributed by atoms with E-state index < -0.39 is 67.3 Å². The predicted octanol–water partition coefficient (Wildman–Crippen LogP) is -3.39. The van der Waals surface area contributed by atoms with Crippen LogP contribution in [0, 0.1) is 10.7 Å². The van der Waals surface area contributed by atoms with Gasteiger partial charge in [0.1, 0.15) is 12.2 Å². The number of rotatable bonds is 11. The van der Waals surface area contributed by atoms with Crippen molar-refractivity contribution in [1.82, 2.24) is 0 Å². The second kappa shape index (κ2) is 19.6. The summed E-state index contributed by atoms with van der Waals surface area (Å²) in [7, 11) is 0. The number of anilines is 1. The van der Waals surface area contributed by atoms with E-state index in [0.29, 0.717) is 0 Å². The average Bonchev–Trinajstić information content (AvgIpc) is 2.86. The van der Waals surface area contributed by atoms with Crippen LogP contribution >= 0.6 is 67.8 Å². The lowest BCUT2D eigenvalue weighted by molar-refractivity contribution is -0.134. The van der Waals surface area contributed by atoms with E-state index in [1.165, 1.54) is 11.8 Å². The molecule has 3 amide bonds. The molecule has 20 heteroatoms. The fraction of sp³-hybridized carbons (Fsp3) is 0.450. The molecule has 40 heavy (non-hydrogen) atoms. The first-order valence-electron chi connectivity index (χ1n) is 10.4. The topological polar surface area (TPSA) is 323 Å². The number of primary amides is 2. The zero-order valence-corrected chi connectivity index (χ0v) is 26.9. The van der Waals surface area contributed by atoms with Crippen molar-refractivity contribution in [2.45, 2.75) is 31.3 Å². The van der Waals surface area contributed by atoms with Crippen molar-refractivity contribution in [3.63, 3.8) is 0 Å². The molecule has 4 atom stereocenters. The molecule has 13 N–H and O–H groups in total. The van der Waals surface area contributed by atoms with Crippen molar-refractivity contribution in [2.24, 2.45) is 11.5 Å². The molecule has 1 rings (SSSR count). The Morgan fingerprint density at radius 3 is 1.23 bits per heavy atom. The highest BCUT2D eigenvalue weighted by molar-refractivity contribution is 14.1. The van der Waals surface area contributed by atoms with Gasteiger partial charge >= 0.3 is 11.9 Å². The number of hydrogen-bond acceptors (Lipinski definition) is 12. The van der Waals surface area contributed by atoms with E-state index in [1.54, 1.807) is 67.8 Å². The van der Waals surface area contributed by atoms with Crippen molar-refractivity contribution < 1.29 is 69.9 Å².